The number of rotatable bonds is 2. The zero-order chi connectivity index (χ0) is 11.7. The van der Waals surface area contributed by atoms with Crippen LogP contribution in [0.5, 0.6) is 0 Å². The molecule has 0 radical (unpaired) electrons. The molecular weight excluding hydrogens is 214 g/mol. The summed E-state index contributed by atoms with van der Waals surface area (Å²) >= 11 is 0. The van der Waals surface area contributed by atoms with Crippen LogP contribution in [-0.4, -0.2) is 22.4 Å². The van der Waals surface area contributed by atoms with Crippen LogP contribution in [0.15, 0.2) is 0 Å². The summed E-state index contributed by atoms with van der Waals surface area (Å²) in [5.74, 6) is 0.133. The quantitative estimate of drug-likeness (QED) is 0.789. The number of hydrogen-bond donors (Lipinski definition) is 2. The van der Waals surface area contributed by atoms with Crippen molar-refractivity contribution in [2.24, 2.45) is 0 Å². The summed E-state index contributed by atoms with van der Waals surface area (Å²) in [5, 5.41) is 3.21. The van der Waals surface area contributed by atoms with Gasteiger partial charge in [0, 0.05) is 19.0 Å². The van der Waals surface area contributed by atoms with Gasteiger partial charge in [-0.2, -0.15) is 0 Å². The molecule has 1 unspecified atom stereocenters. The molecule has 2 heterocycles. The highest BCUT2D eigenvalue weighted by atomic mass is 19.3. The van der Waals surface area contributed by atoms with E-state index in [1.165, 1.54) is 0 Å². The predicted octanol–water partition coefficient (Wildman–Crippen LogP) is 0.901. The molecule has 6 heteroatoms. The number of alkyl halides is 2. The number of hydrogen-bond acceptors (Lipinski definition) is 4. The number of nitrogen functional groups attached to an aromatic ring is 1. The van der Waals surface area contributed by atoms with Crippen molar-refractivity contribution in [1.29, 1.82) is 0 Å². The average Bonchev–Trinajstić information content (AvgIpc) is 2.19. The Bertz CT molecular complexity index is 395. The standard InChI is InChI=1S/C10H14F2N4/c1-5-2-6-8(4-14-5)15-7(3-9(11)12)10(13)16-6/h5,9,14H,2-4H2,1H3,(H2,13,16). The molecule has 88 valence electrons. The number of anilines is 1. The first-order chi connectivity index (χ1) is 7.56. The summed E-state index contributed by atoms with van der Waals surface area (Å²) in [6, 6.07) is 0.321. The van der Waals surface area contributed by atoms with Crippen LogP contribution in [0.3, 0.4) is 0 Å². The molecule has 0 aliphatic carbocycles. The second-order valence-electron chi connectivity index (χ2n) is 4.03. The molecule has 2 rings (SSSR count). The maximum Gasteiger partial charge on any atom is 0.244 e. The SMILES string of the molecule is CC1Cc2nc(N)c(CC(F)F)nc2CN1. The maximum absolute atomic E-state index is 12.3. The van der Waals surface area contributed by atoms with E-state index in [0.29, 0.717) is 12.6 Å². The van der Waals surface area contributed by atoms with E-state index < -0.39 is 12.8 Å². The van der Waals surface area contributed by atoms with Crippen molar-refractivity contribution in [2.75, 3.05) is 5.73 Å². The van der Waals surface area contributed by atoms with Crippen molar-refractivity contribution in [1.82, 2.24) is 15.3 Å². The van der Waals surface area contributed by atoms with Crippen molar-refractivity contribution in [3.8, 4) is 0 Å². The zero-order valence-corrected chi connectivity index (χ0v) is 9.00. The lowest BCUT2D eigenvalue weighted by Gasteiger charge is -2.22. The van der Waals surface area contributed by atoms with Gasteiger partial charge in [-0.15, -0.1) is 0 Å². The van der Waals surface area contributed by atoms with Gasteiger partial charge >= 0.3 is 0 Å². The Morgan fingerprint density at radius 3 is 2.88 bits per heavy atom. The van der Waals surface area contributed by atoms with E-state index in [0.717, 1.165) is 17.8 Å². The Morgan fingerprint density at radius 2 is 2.19 bits per heavy atom. The van der Waals surface area contributed by atoms with Crippen LogP contribution in [0.2, 0.25) is 0 Å². The van der Waals surface area contributed by atoms with Crippen molar-refractivity contribution < 1.29 is 8.78 Å². The number of aromatic nitrogens is 2. The molecule has 4 nitrogen and oxygen atoms in total. The monoisotopic (exact) mass is 228 g/mol. The molecule has 0 amide bonds. The second kappa shape index (κ2) is 4.29. The molecular formula is C10H14F2N4. The molecule has 3 N–H and O–H groups in total. The van der Waals surface area contributed by atoms with E-state index in [-0.39, 0.29) is 11.5 Å². The van der Waals surface area contributed by atoms with E-state index in [2.05, 4.69) is 15.3 Å². The van der Waals surface area contributed by atoms with Gasteiger partial charge in [0.2, 0.25) is 6.43 Å². The third-order valence-electron chi connectivity index (χ3n) is 2.62. The molecule has 0 bridgehead atoms. The molecule has 0 spiro atoms. The first-order valence-corrected chi connectivity index (χ1v) is 5.22. The molecule has 1 aliphatic heterocycles. The smallest absolute Gasteiger partial charge is 0.244 e. The van der Waals surface area contributed by atoms with Crippen molar-refractivity contribution in [3.63, 3.8) is 0 Å². The topological polar surface area (TPSA) is 63.8 Å². The van der Waals surface area contributed by atoms with Crippen molar-refractivity contribution >= 4 is 5.82 Å². The summed E-state index contributed by atoms with van der Waals surface area (Å²) in [6.07, 6.45) is -2.13. The first-order valence-electron chi connectivity index (χ1n) is 5.22. The predicted molar refractivity (Wildman–Crippen MR) is 56.2 cm³/mol. The minimum atomic E-state index is -2.44. The van der Waals surface area contributed by atoms with Crippen LogP contribution in [0.25, 0.3) is 0 Å². The molecule has 16 heavy (non-hydrogen) atoms. The number of nitrogens with zero attached hydrogens (tertiary/aromatic N) is 2. The number of nitrogens with one attached hydrogen (secondary N) is 1. The van der Waals surface area contributed by atoms with Gasteiger partial charge in [-0.25, -0.2) is 13.8 Å². The summed E-state index contributed by atoms with van der Waals surface area (Å²) < 4.78 is 24.5. The van der Waals surface area contributed by atoms with E-state index >= 15 is 0 Å². The normalized spacial score (nSPS) is 19.9. The van der Waals surface area contributed by atoms with Crippen LogP contribution < -0.4 is 11.1 Å². The summed E-state index contributed by atoms with van der Waals surface area (Å²) in [7, 11) is 0. The fourth-order valence-electron chi connectivity index (χ4n) is 1.79. The van der Waals surface area contributed by atoms with Gasteiger partial charge in [-0.05, 0) is 6.92 Å². The van der Waals surface area contributed by atoms with Gasteiger partial charge in [0.05, 0.1) is 23.5 Å². The van der Waals surface area contributed by atoms with Crippen LogP contribution in [0.4, 0.5) is 14.6 Å². The Morgan fingerprint density at radius 1 is 1.44 bits per heavy atom. The van der Waals surface area contributed by atoms with Gasteiger partial charge in [0.25, 0.3) is 0 Å². The first kappa shape index (κ1) is 11.2. The largest absolute Gasteiger partial charge is 0.382 e. The summed E-state index contributed by atoms with van der Waals surface area (Å²) in [6.45, 7) is 2.61. The average molecular weight is 228 g/mol. The summed E-state index contributed by atoms with van der Waals surface area (Å²) in [4.78, 5) is 8.32. The van der Waals surface area contributed by atoms with Gasteiger partial charge in [-0.1, -0.05) is 0 Å². The molecule has 1 aliphatic rings. The van der Waals surface area contributed by atoms with Gasteiger partial charge in [0.15, 0.2) is 0 Å². The maximum atomic E-state index is 12.3. The van der Waals surface area contributed by atoms with Gasteiger partial charge in [0.1, 0.15) is 5.82 Å². The Labute approximate surface area is 92.3 Å². The molecule has 1 atom stereocenters. The third-order valence-corrected chi connectivity index (χ3v) is 2.62. The third kappa shape index (κ3) is 2.27. The lowest BCUT2D eigenvalue weighted by Crippen LogP contribution is -2.34. The van der Waals surface area contributed by atoms with Crippen LogP contribution >= 0.6 is 0 Å². The molecule has 1 aromatic heterocycles. The molecule has 0 saturated heterocycles. The highest BCUT2D eigenvalue weighted by Crippen LogP contribution is 2.18. The van der Waals surface area contributed by atoms with E-state index in [1.807, 2.05) is 6.92 Å². The minimum Gasteiger partial charge on any atom is -0.382 e. The minimum absolute atomic E-state index is 0.133. The molecule has 0 fully saturated rings. The Balaban J connectivity index is 2.30. The number of fused-ring (bicyclic) bond motifs is 1. The van der Waals surface area contributed by atoms with Crippen molar-refractivity contribution in [3.05, 3.63) is 17.1 Å². The van der Waals surface area contributed by atoms with Gasteiger partial charge in [-0.3, -0.25) is 4.98 Å². The molecule has 0 aromatic carbocycles. The van der Waals surface area contributed by atoms with Crippen molar-refractivity contribution in [2.45, 2.75) is 38.8 Å². The van der Waals surface area contributed by atoms with Crippen LogP contribution in [0.1, 0.15) is 24.0 Å². The fourth-order valence-corrected chi connectivity index (χ4v) is 1.79. The van der Waals surface area contributed by atoms with Crippen LogP contribution in [0, 0.1) is 0 Å². The Kier molecular flexibility index (Phi) is 3.00. The Hall–Kier alpha value is -1.30. The highest BCUT2D eigenvalue weighted by Gasteiger charge is 2.20. The number of nitrogens with two attached hydrogens (primary N) is 1. The highest BCUT2D eigenvalue weighted by molar-refractivity contribution is 5.38. The lowest BCUT2D eigenvalue weighted by atomic mass is 10.1. The molecule has 1 aromatic rings. The van der Waals surface area contributed by atoms with Crippen LogP contribution in [-0.2, 0) is 19.4 Å². The summed E-state index contributed by atoms with van der Waals surface area (Å²) in [5.41, 5.74) is 7.37. The number of halogens is 2. The van der Waals surface area contributed by atoms with E-state index in [4.69, 9.17) is 5.73 Å². The fraction of sp³-hybridized carbons (Fsp3) is 0.600. The lowest BCUT2D eigenvalue weighted by molar-refractivity contribution is 0.148. The zero-order valence-electron chi connectivity index (χ0n) is 9.00. The molecule has 0 saturated carbocycles. The second-order valence-corrected chi connectivity index (χ2v) is 4.03. The van der Waals surface area contributed by atoms with E-state index in [9.17, 15) is 8.78 Å². The van der Waals surface area contributed by atoms with E-state index in [1.54, 1.807) is 0 Å². The van der Waals surface area contributed by atoms with Gasteiger partial charge < -0.3 is 11.1 Å².